The zero-order valence-corrected chi connectivity index (χ0v) is 15.4. The molecule has 0 aromatic heterocycles. The van der Waals surface area contributed by atoms with Crippen LogP contribution in [0.15, 0.2) is 30.3 Å². The molecule has 1 aromatic carbocycles. The van der Waals surface area contributed by atoms with E-state index in [-0.39, 0.29) is 30.9 Å². The fourth-order valence-electron chi connectivity index (χ4n) is 2.80. The van der Waals surface area contributed by atoms with Crippen LogP contribution in [0.25, 0.3) is 0 Å². The van der Waals surface area contributed by atoms with Gasteiger partial charge in [0.1, 0.15) is 0 Å². The van der Waals surface area contributed by atoms with Crippen LogP contribution in [0, 0.1) is 0 Å². The molecule has 1 atom stereocenters. The SMILES string of the molecule is CC(C)NC(=O)CNS(=O)(=O)[C@H]1CCCN(C(=O)c2ccccc2)C1. The number of rotatable bonds is 6. The molecule has 7 nitrogen and oxygen atoms in total. The van der Waals surface area contributed by atoms with Crippen LogP contribution in [0.5, 0.6) is 0 Å². The molecule has 25 heavy (non-hydrogen) atoms. The Morgan fingerprint density at radius 3 is 2.56 bits per heavy atom. The Balaban J connectivity index is 1.97. The van der Waals surface area contributed by atoms with Crippen molar-refractivity contribution in [3.63, 3.8) is 0 Å². The zero-order valence-electron chi connectivity index (χ0n) is 14.6. The summed E-state index contributed by atoms with van der Waals surface area (Å²) in [5, 5.41) is 1.93. The molecule has 2 rings (SSSR count). The summed E-state index contributed by atoms with van der Waals surface area (Å²) in [7, 11) is -3.67. The topological polar surface area (TPSA) is 95.6 Å². The number of carbonyl (C=O) groups is 2. The van der Waals surface area contributed by atoms with Gasteiger partial charge >= 0.3 is 0 Å². The highest BCUT2D eigenvalue weighted by Gasteiger charge is 2.33. The van der Waals surface area contributed by atoms with Crippen molar-refractivity contribution in [2.24, 2.45) is 0 Å². The third kappa shape index (κ3) is 5.54. The summed E-state index contributed by atoms with van der Waals surface area (Å²) in [4.78, 5) is 25.7. The highest BCUT2D eigenvalue weighted by Crippen LogP contribution is 2.18. The van der Waals surface area contributed by atoms with E-state index in [1.807, 2.05) is 6.07 Å². The van der Waals surface area contributed by atoms with Crippen molar-refractivity contribution in [1.29, 1.82) is 0 Å². The van der Waals surface area contributed by atoms with Gasteiger partial charge in [0.25, 0.3) is 5.91 Å². The Bertz CT molecular complexity index is 704. The summed E-state index contributed by atoms with van der Waals surface area (Å²) < 4.78 is 27.3. The van der Waals surface area contributed by atoms with Gasteiger partial charge < -0.3 is 10.2 Å². The lowest BCUT2D eigenvalue weighted by Gasteiger charge is -2.32. The number of amides is 2. The van der Waals surface area contributed by atoms with Gasteiger partial charge in [0.05, 0.1) is 11.8 Å². The van der Waals surface area contributed by atoms with Crippen molar-refractivity contribution >= 4 is 21.8 Å². The number of carbonyl (C=O) groups excluding carboxylic acids is 2. The average Bonchev–Trinajstić information content (AvgIpc) is 2.60. The summed E-state index contributed by atoms with van der Waals surface area (Å²) >= 11 is 0. The Labute approximate surface area is 148 Å². The first-order valence-corrected chi connectivity index (χ1v) is 9.96. The van der Waals surface area contributed by atoms with Crippen molar-refractivity contribution in [3.8, 4) is 0 Å². The number of nitrogens with zero attached hydrogens (tertiary/aromatic N) is 1. The molecular weight excluding hydrogens is 342 g/mol. The first kappa shape index (κ1) is 19.4. The predicted octanol–water partition coefficient (Wildman–Crippen LogP) is 0.735. The van der Waals surface area contributed by atoms with Crippen molar-refractivity contribution in [3.05, 3.63) is 35.9 Å². The number of nitrogens with one attached hydrogen (secondary N) is 2. The Kier molecular flexibility index (Phi) is 6.55. The molecule has 2 N–H and O–H groups in total. The van der Waals surface area contributed by atoms with Crippen molar-refractivity contribution in [2.75, 3.05) is 19.6 Å². The highest BCUT2D eigenvalue weighted by molar-refractivity contribution is 7.90. The fraction of sp³-hybridized carbons (Fsp3) is 0.529. The standard InChI is InChI=1S/C17H25N3O4S/c1-13(2)19-16(21)11-18-25(23,24)15-9-6-10-20(12-15)17(22)14-7-4-3-5-8-14/h3-5,7-8,13,15,18H,6,9-12H2,1-2H3,(H,19,21)/t15-/m0/s1. The number of piperidine rings is 1. The maximum Gasteiger partial charge on any atom is 0.253 e. The smallest absolute Gasteiger partial charge is 0.253 e. The first-order valence-electron chi connectivity index (χ1n) is 8.42. The van der Waals surface area contributed by atoms with Gasteiger partial charge in [-0.25, -0.2) is 13.1 Å². The van der Waals surface area contributed by atoms with E-state index in [9.17, 15) is 18.0 Å². The summed E-state index contributed by atoms with van der Waals surface area (Å²) in [5.41, 5.74) is 0.546. The van der Waals surface area contributed by atoms with E-state index in [4.69, 9.17) is 0 Å². The number of benzene rings is 1. The monoisotopic (exact) mass is 367 g/mol. The Morgan fingerprint density at radius 1 is 1.24 bits per heavy atom. The van der Waals surface area contributed by atoms with Crippen LogP contribution in [0.3, 0.4) is 0 Å². The molecule has 0 unspecified atom stereocenters. The lowest BCUT2D eigenvalue weighted by atomic mass is 10.1. The van der Waals surface area contributed by atoms with Crippen molar-refractivity contribution < 1.29 is 18.0 Å². The summed E-state index contributed by atoms with van der Waals surface area (Å²) in [6.45, 7) is 3.99. The molecule has 1 fully saturated rings. The van der Waals surface area contributed by atoms with Crippen LogP contribution in [0.2, 0.25) is 0 Å². The largest absolute Gasteiger partial charge is 0.353 e. The van der Waals surface area contributed by atoms with Gasteiger partial charge in [-0.3, -0.25) is 9.59 Å². The molecule has 1 aliphatic heterocycles. The second-order valence-corrected chi connectivity index (χ2v) is 8.52. The van der Waals surface area contributed by atoms with Crippen LogP contribution in [-0.4, -0.2) is 56.1 Å². The van der Waals surface area contributed by atoms with Gasteiger partial charge in [-0.1, -0.05) is 18.2 Å². The Morgan fingerprint density at radius 2 is 1.92 bits per heavy atom. The van der Waals surface area contributed by atoms with Crippen LogP contribution < -0.4 is 10.0 Å². The van der Waals surface area contributed by atoms with Gasteiger partial charge in [-0.15, -0.1) is 0 Å². The number of hydrogen-bond donors (Lipinski definition) is 2. The molecule has 1 aliphatic rings. The molecule has 1 heterocycles. The zero-order chi connectivity index (χ0) is 18.4. The van der Waals surface area contributed by atoms with E-state index < -0.39 is 15.3 Å². The van der Waals surface area contributed by atoms with Gasteiger partial charge in [-0.2, -0.15) is 0 Å². The van der Waals surface area contributed by atoms with Crippen LogP contribution in [-0.2, 0) is 14.8 Å². The van der Waals surface area contributed by atoms with Gasteiger partial charge in [0.2, 0.25) is 15.9 Å². The maximum atomic E-state index is 12.5. The van der Waals surface area contributed by atoms with E-state index in [0.717, 1.165) is 0 Å². The molecule has 0 spiro atoms. The fourth-order valence-corrected chi connectivity index (χ4v) is 4.22. The van der Waals surface area contributed by atoms with E-state index in [0.29, 0.717) is 24.9 Å². The molecule has 0 saturated carbocycles. The molecule has 0 aliphatic carbocycles. The molecule has 138 valence electrons. The molecular formula is C17H25N3O4S. The van der Waals surface area contributed by atoms with E-state index in [1.165, 1.54) is 0 Å². The van der Waals surface area contributed by atoms with E-state index in [2.05, 4.69) is 10.0 Å². The van der Waals surface area contributed by atoms with Gasteiger partial charge in [0, 0.05) is 24.7 Å². The summed E-state index contributed by atoms with van der Waals surface area (Å²) in [6, 6.07) is 8.77. The van der Waals surface area contributed by atoms with Crippen molar-refractivity contribution in [2.45, 2.75) is 38.0 Å². The Hall–Kier alpha value is -1.93. The molecule has 0 bridgehead atoms. The van der Waals surface area contributed by atoms with E-state index >= 15 is 0 Å². The third-order valence-electron chi connectivity index (χ3n) is 4.01. The molecule has 1 saturated heterocycles. The third-order valence-corrected chi connectivity index (χ3v) is 5.82. The van der Waals surface area contributed by atoms with Crippen molar-refractivity contribution in [1.82, 2.24) is 14.9 Å². The van der Waals surface area contributed by atoms with Gasteiger partial charge in [-0.05, 0) is 38.8 Å². The number of hydrogen-bond acceptors (Lipinski definition) is 4. The molecule has 8 heteroatoms. The first-order chi connectivity index (χ1) is 11.8. The second kappa shape index (κ2) is 8.44. The lowest BCUT2D eigenvalue weighted by Crippen LogP contribution is -2.50. The minimum absolute atomic E-state index is 0.0503. The van der Waals surface area contributed by atoms with Crippen LogP contribution in [0.1, 0.15) is 37.0 Å². The van der Waals surface area contributed by atoms with Crippen LogP contribution >= 0.6 is 0 Å². The number of likely N-dealkylation sites (tertiary alicyclic amines) is 1. The van der Waals surface area contributed by atoms with E-state index in [1.54, 1.807) is 43.0 Å². The van der Waals surface area contributed by atoms with Crippen LogP contribution in [0.4, 0.5) is 0 Å². The molecule has 0 radical (unpaired) electrons. The summed E-state index contributed by atoms with van der Waals surface area (Å²) in [6.07, 6.45) is 1.09. The normalized spacial score (nSPS) is 18.2. The second-order valence-electron chi connectivity index (χ2n) is 6.47. The highest BCUT2D eigenvalue weighted by atomic mass is 32.2. The van der Waals surface area contributed by atoms with Gasteiger partial charge in [0.15, 0.2) is 0 Å². The molecule has 2 amide bonds. The quantitative estimate of drug-likeness (QED) is 0.775. The lowest BCUT2D eigenvalue weighted by molar-refractivity contribution is -0.120. The maximum absolute atomic E-state index is 12.5. The molecule has 1 aromatic rings. The minimum Gasteiger partial charge on any atom is -0.353 e. The summed E-state index contributed by atoms with van der Waals surface area (Å²) in [5.74, 6) is -0.537. The minimum atomic E-state index is -3.67. The predicted molar refractivity (Wildman–Crippen MR) is 95.6 cm³/mol. The number of sulfonamides is 1. The average molecular weight is 367 g/mol.